The summed E-state index contributed by atoms with van der Waals surface area (Å²) in [5.74, 6) is -0.708. The molecule has 0 spiro atoms. The summed E-state index contributed by atoms with van der Waals surface area (Å²) in [6, 6.07) is 0. The predicted molar refractivity (Wildman–Crippen MR) is 45.5 cm³/mol. The molecule has 1 atom stereocenters. The van der Waals surface area contributed by atoms with Crippen molar-refractivity contribution in [1.29, 1.82) is 0 Å². The van der Waals surface area contributed by atoms with Crippen molar-refractivity contribution < 1.29 is 13.2 Å². The number of nitrogens with one attached hydrogen (secondary N) is 1. The number of carbonyl (C=O) groups excluding carboxylic acids is 1. The summed E-state index contributed by atoms with van der Waals surface area (Å²) in [4.78, 5) is 10.7. The quantitative estimate of drug-likeness (QED) is 0.651. The maximum absolute atomic E-state index is 11.3. The van der Waals surface area contributed by atoms with Gasteiger partial charge in [-0.1, -0.05) is 13.3 Å². The van der Waals surface area contributed by atoms with Crippen LogP contribution in [0.4, 0.5) is 0 Å². The van der Waals surface area contributed by atoms with Crippen LogP contribution in [0.15, 0.2) is 0 Å². The van der Waals surface area contributed by atoms with Gasteiger partial charge in [0.25, 0.3) is 0 Å². The molecular weight excluding hydrogens is 178 g/mol. The third kappa shape index (κ3) is 1.97. The van der Waals surface area contributed by atoms with E-state index >= 15 is 0 Å². The maximum Gasteiger partial charge on any atom is 0.235 e. The molecule has 1 unspecified atom stereocenters. The second-order valence-electron chi connectivity index (χ2n) is 3.02. The minimum atomic E-state index is -3.15. The van der Waals surface area contributed by atoms with E-state index in [0.29, 0.717) is 6.42 Å². The van der Waals surface area contributed by atoms with E-state index in [0.717, 1.165) is 6.42 Å². The molecule has 5 heteroatoms. The molecule has 0 bridgehead atoms. The summed E-state index contributed by atoms with van der Waals surface area (Å²) < 4.78 is 22.6. The monoisotopic (exact) mass is 191 g/mol. The summed E-state index contributed by atoms with van der Waals surface area (Å²) in [6.45, 7) is 2.22. The molecule has 1 heterocycles. The van der Waals surface area contributed by atoms with Gasteiger partial charge in [-0.25, -0.2) is 8.42 Å². The lowest BCUT2D eigenvalue weighted by Gasteiger charge is -2.21. The van der Waals surface area contributed by atoms with Crippen LogP contribution in [-0.2, 0) is 14.6 Å². The van der Waals surface area contributed by atoms with Crippen molar-refractivity contribution >= 4 is 15.7 Å². The third-order valence-corrected chi connectivity index (χ3v) is 4.06. The van der Waals surface area contributed by atoms with E-state index in [2.05, 4.69) is 5.32 Å². The average molecular weight is 191 g/mol. The second kappa shape index (κ2) is 3.43. The highest BCUT2D eigenvalue weighted by Gasteiger charge is 2.31. The van der Waals surface area contributed by atoms with Gasteiger partial charge in [0, 0.05) is 6.54 Å². The molecule has 0 saturated carbocycles. The van der Waals surface area contributed by atoms with Crippen LogP contribution < -0.4 is 5.32 Å². The molecule has 0 radical (unpaired) electrons. The molecular formula is C7H13NO3S. The highest BCUT2D eigenvalue weighted by atomic mass is 32.2. The molecule has 12 heavy (non-hydrogen) atoms. The van der Waals surface area contributed by atoms with E-state index in [9.17, 15) is 13.2 Å². The van der Waals surface area contributed by atoms with Crippen molar-refractivity contribution in [2.45, 2.75) is 25.0 Å². The van der Waals surface area contributed by atoms with Crippen molar-refractivity contribution in [3.05, 3.63) is 0 Å². The fourth-order valence-corrected chi connectivity index (χ4v) is 2.95. The first-order valence-corrected chi connectivity index (χ1v) is 5.76. The summed E-state index contributed by atoms with van der Waals surface area (Å²) in [5, 5.41) is 2.19. The second-order valence-corrected chi connectivity index (χ2v) is 5.30. The number of carbonyl (C=O) groups is 1. The van der Waals surface area contributed by atoms with Crippen molar-refractivity contribution in [1.82, 2.24) is 5.32 Å². The van der Waals surface area contributed by atoms with Gasteiger partial charge >= 0.3 is 0 Å². The van der Waals surface area contributed by atoms with Gasteiger partial charge in [0.05, 0.1) is 5.25 Å². The Morgan fingerprint density at radius 2 is 2.25 bits per heavy atom. The predicted octanol–water partition coefficient (Wildman–Crippen LogP) is -0.300. The van der Waals surface area contributed by atoms with Crippen LogP contribution in [0.25, 0.3) is 0 Å². The number of hydrogen-bond donors (Lipinski definition) is 1. The first-order valence-electron chi connectivity index (χ1n) is 4.04. The van der Waals surface area contributed by atoms with E-state index in [4.69, 9.17) is 0 Å². The zero-order valence-corrected chi connectivity index (χ0v) is 7.86. The first kappa shape index (κ1) is 9.51. The minimum Gasteiger partial charge on any atom is -0.354 e. The molecule has 1 aliphatic heterocycles. The first-order chi connectivity index (χ1) is 5.56. The highest BCUT2D eigenvalue weighted by Crippen LogP contribution is 2.12. The van der Waals surface area contributed by atoms with Crippen LogP contribution >= 0.6 is 0 Å². The van der Waals surface area contributed by atoms with Crippen LogP contribution in [0.2, 0.25) is 0 Å². The molecule has 0 aliphatic carbocycles. The summed E-state index contributed by atoms with van der Waals surface area (Å²) >= 11 is 0. The Morgan fingerprint density at radius 3 is 2.75 bits per heavy atom. The largest absolute Gasteiger partial charge is 0.354 e. The molecule has 1 saturated heterocycles. The number of hydrogen-bond acceptors (Lipinski definition) is 3. The fourth-order valence-electron chi connectivity index (χ4n) is 1.31. The molecule has 1 aliphatic rings. The zero-order valence-electron chi connectivity index (χ0n) is 7.04. The molecule has 0 aromatic heterocycles. The van der Waals surface area contributed by atoms with Gasteiger partial charge < -0.3 is 5.32 Å². The topological polar surface area (TPSA) is 63.2 Å². The summed E-state index contributed by atoms with van der Waals surface area (Å²) in [5.41, 5.74) is 0. The van der Waals surface area contributed by atoms with E-state index < -0.39 is 9.84 Å². The van der Waals surface area contributed by atoms with Gasteiger partial charge in [0.2, 0.25) is 5.91 Å². The Balaban J connectivity index is 2.71. The number of amides is 1. The zero-order chi connectivity index (χ0) is 9.19. The average Bonchev–Trinajstić information content (AvgIpc) is 1.94. The van der Waals surface area contributed by atoms with E-state index in [1.54, 1.807) is 0 Å². The molecule has 4 nitrogen and oxygen atoms in total. The maximum atomic E-state index is 11.3. The Bertz CT molecular complexity index is 270. The van der Waals surface area contributed by atoms with Crippen molar-refractivity contribution in [3.63, 3.8) is 0 Å². The summed E-state index contributed by atoms with van der Waals surface area (Å²) in [7, 11) is -3.15. The van der Waals surface area contributed by atoms with Crippen LogP contribution in [0.1, 0.15) is 19.8 Å². The lowest BCUT2D eigenvalue weighted by Crippen LogP contribution is -2.47. The Morgan fingerprint density at radius 1 is 1.58 bits per heavy atom. The van der Waals surface area contributed by atoms with Crippen molar-refractivity contribution in [2.75, 3.05) is 12.3 Å². The smallest absolute Gasteiger partial charge is 0.235 e. The minimum absolute atomic E-state index is 0.287. The SMILES string of the molecule is CCCC1CNC(=O)CS1(=O)=O. The molecule has 70 valence electrons. The fraction of sp³-hybridized carbons (Fsp3) is 0.857. The van der Waals surface area contributed by atoms with Crippen molar-refractivity contribution in [2.24, 2.45) is 0 Å². The molecule has 1 amide bonds. The molecule has 1 rings (SSSR count). The van der Waals surface area contributed by atoms with E-state index in [1.165, 1.54) is 0 Å². The van der Waals surface area contributed by atoms with Gasteiger partial charge in [-0.15, -0.1) is 0 Å². The molecule has 1 N–H and O–H groups in total. The lowest BCUT2D eigenvalue weighted by molar-refractivity contribution is -0.118. The molecule has 1 fully saturated rings. The Kier molecular flexibility index (Phi) is 2.72. The van der Waals surface area contributed by atoms with Crippen LogP contribution in [0.5, 0.6) is 0 Å². The molecule has 0 aromatic rings. The van der Waals surface area contributed by atoms with Crippen LogP contribution in [-0.4, -0.2) is 31.9 Å². The van der Waals surface area contributed by atoms with Crippen LogP contribution in [0, 0.1) is 0 Å². The van der Waals surface area contributed by atoms with Gasteiger partial charge in [-0.2, -0.15) is 0 Å². The van der Waals surface area contributed by atoms with Gasteiger partial charge in [0.15, 0.2) is 9.84 Å². The van der Waals surface area contributed by atoms with Gasteiger partial charge in [-0.05, 0) is 6.42 Å². The Hall–Kier alpha value is -0.580. The normalized spacial score (nSPS) is 28.1. The van der Waals surface area contributed by atoms with Gasteiger partial charge in [-0.3, -0.25) is 4.79 Å². The van der Waals surface area contributed by atoms with Crippen LogP contribution in [0.3, 0.4) is 0 Å². The summed E-state index contributed by atoms with van der Waals surface area (Å²) in [6.07, 6.45) is 1.47. The van der Waals surface area contributed by atoms with Crippen molar-refractivity contribution in [3.8, 4) is 0 Å². The molecule has 0 aromatic carbocycles. The number of sulfone groups is 1. The van der Waals surface area contributed by atoms with E-state index in [-0.39, 0.29) is 23.5 Å². The number of rotatable bonds is 2. The van der Waals surface area contributed by atoms with E-state index in [1.807, 2.05) is 6.92 Å². The third-order valence-electron chi connectivity index (χ3n) is 1.98. The lowest BCUT2D eigenvalue weighted by atomic mass is 10.2. The Labute approximate surface area is 72.3 Å². The standard InChI is InChI=1S/C7H13NO3S/c1-2-3-6-4-8-7(9)5-12(6,10)11/h6H,2-5H2,1H3,(H,8,9). The highest BCUT2D eigenvalue weighted by molar-refractivity contribution is 7.92. The van der Waals surface area contributed by atoms with Gasteiger partial charge in [0.1, 0.15) is 5.75 Å².